The van der Waals surface area contributed by atoms with E-state index in [1.807, 2.05) is 0 Å². The normalized spacial score (nSPS) is 36.7. The first-order valence-corrected chi connectivity index (χ1v) is 4.09. The van der Waals surface area contributed by atoms with Crippen LogP contribution < -0.4 is 5.32 Å². The van der Waals surface area contributed by atoms with Crippen LogP contribution in [-0.2, 0) is 0 Å². The quantitative estimate of drug-likeness (QED) is 0.567. The molecular formula is C8H17N. The summed E-state index contributed by atoms with van der Waals surface area (Å²) in [7, 11) is 0. The first kappa shape index (κ1) is 7.07. The van der Waals surface area contributed by atoms with Crippen LogP contribution in [0, 0.1) is 0 Å². The summed E-state index contributed by atoms with van der Waals surface area (Å²) in [5.41, 5.74) is 0. The summed E-state index contributed by atoms with van der Waals surface area (Å²) in [6.07, 6.45) is 5.48. The third kappa shape index (κ3) is 1.98. The predicted molar refractivity (Wildman–Crippen MR) is 40.5 cm³/mol. The Kier molecular flexibility index (Phi) is 2.52. The highest BCUT2D eigenvalue weighted by Gasteiger charge is 2.14. The molecule has 1 nitrogen and oxygen atoms in total. The van der Waals surface area contributed by atoms with Crippen LogP contribution in [0.3, 0.4) is 0 Å². The van der Waals surface area contributed by atoms with Crippen molar-refractivity contribution in [3.8, 4) is 0 Å². The van der Waals surface area contributed by atoms with Crippen LogP contribution in [0.2, 0.25) is 0 Å². The second-order valence-electron chi connectivity index (χ2n) is 3.10. The zero-order valence-electron chi connectivity index (χ0n) is 6.48. The molecule has 0 aromatic rings. The Hall–Kier alpha value is -0.0400. The molecule has 0 aromatic heterocycles. The molecule has 0 bridgehead atoms. The van der Waals surface area contributed by atoms with E-state index >= 15 is 0 Å². The maximum atomic E-state index is 3.57. The van der Waals surface area contributed by atoms with Gasteiger partial charge in [-0.3, -0.25) is 0 Å². The third-order valence-corrected chi connectivity index (χ3v) is 2.20. The van der Waals surface area contributed by atoms with Gasteiger partial charge in [-0.1, -0.05) is 13.3 Å². The first-order chi connectivity index (χ1) is 4.33. The van der Waals surface area contributed by atoms with Gasteiger partial charge in [0.15, 0.2) is 0 Å². The lowest BCUT2D eigenvalue weighted by Crippen LogP contribution is -2.39. The van der Waals surface area contributed by atoms with Crippen molar-refractivity contribution in [1.29, 1.82) is 0 Å². The second-order valence-corrected chi connectivity index (χ2v) is 3.10. The van der Waals surface area contributed by atoms with E-state index < -0.39 is 0 Å². The van der Waals surface area contributed by atoms with E-state index in [1.54, 1.807) is 0 Å². The Morgan fingerprint density at radius 1 is 1.44 bits per heavy atom. The average Bonchev–Trinajstić information content (AvgIpc) is 1.88. The fraction of sp³-hybridized carbons (Fsp3) is 1.00. The molecule has 1 heteroatoms. The van der Waals surface area contributed by atoms with E-state index in [2.05, 4.69) is 19.2 Å². The number of hydrogen-bond acceptors (Lipinski definition) is 1. The lowest BCUT2D eigenvalue weighted by molar-refractivity contribution is 0.329. The largest absolute Gasteiger partial charge is 0.312 e. The van der Waals surface area contributed by atoms with E-state index in [-0.39, 0.29) is 0 Å². The zero-order valence-corrected chi connectivity index (χ0v) is 6.48. The van der Waals surface area contributed by atoms with Crippen molar-refractivity contribution in [1.82, 2.24) is 5.32 Å². The minimum absolute atomic E-state index is 0.767. The molecular weight excluding hydrogens is 110 g/mol. The van der Waals surface area contributed by atoms with Crippen LogP contribution in [0.1, 0.15) is 39.5 Å². The van der Waals surface area contributed by atoms with Gasteiger partial charge in [0.1, 0.15) is 0 Å². The van der Waals surface area contributed by atoms with Gasteiger partial charge in [-0.05, 0) is 26.2 Å². The molecule has 2 atom stereocenters. The van der Waals surface area contributed by atoms with Crippen LogP contribution in [0.15, 0.2) is 0 Å². The molecule has 1 aliphatic heterocycles. The van der Waals surface area contributed by atoms with Crippen molar-refractivity contribution in [2.75, 3.05) is 0 Å². The minimum atomic E-state index is 0.767. The van der Waals surface area contributed by atoms with Gasteiger partial charge in [0.2, 0.25) is 0 Å². The molecule has 1 heterocycles. The number of hydrogen-bond donors (Lipinski definition) is 1. The molecule has 1 saturated heterocycles. The van der Waals surface area contributed by atoms with Crippen molar-refractivity contribution in [2.45, 2.75) is 51.6 Å². The van der Waals surface area contributed by atoms with Gasteiger partial charge in [-0.25, -0.2) is 0 Å². The van der Waals surface area contributed by atoms with Gasteiger partial charge in [0.25, 0.3) is 0 Å². The summed E-state index contributed by atoms with van der Waals surface area (Å²) in [6, 6.07) is 1.58. The monoisotopic (exact) mass is 127 g/mol. The van der Waals surface area contributed by atoms with Crippen LogP contribution in [0.5, 0.6) is 0 Å². The Morgan fingerprint density at radius 3 is 2.67 bits per heavy atom. The summed E-state index contributed by atoms with van der Waals surface area (Å²) in [6.45, 7) is 4.54. The molecule has 0 aromatic carbocycles. The van der Waals surface area contributed by atoms with E-state index in [9.17, 15) is 0 Å². The molecule has 1 rings (SSSR count). The molecule has 0 radical (unpaired) electrons. The molecule has 1 aliphatic rings. The van der Waals surface area contributed by atoms with Crippen LogP contribution in [0.4, 0.5) is 0 Å². The number of piperidine rings is 1. The number of rotatable bonds is 1. The summed E-state index contributed by atoms with van der Waals surface area (Å²) in [4.78, 5) is 0. The van der Waals surface area contributed by atoms with E-state index in [4.69, 9.17) is 0 Å². The summed E-state index contributed by atoms with van der Waals surface area (Å²) >= 11 is 0. The van der Waals surface area contributed by atoms with Crippen molar-refractivity contribution >= 4 is 0 Å². The molecule has 1 N–H and O–H groups in total. The van der Waals surface area contributed by atoms with E-state index in [0.717, 1.165) is 12.1 Å². The Bertz CT molecular complexity index is 80.6. The van der Waals surface area contributed by atoms with Gasteiger partial charge in [0, 0.05) is 12.1 Å². The van der Waals surface area contributed by atoms with Crippen molar-refractivity contribution < 1.29 is 0 Å². The first-order valence-electron chi connectivity index (χ1n) is 4.09. The molecule has 0 aliphatic carbocycles. The van der Waals surface area contributed by atoms with Crippen LogP contribution in [0.25, 0.3) is 0 Å². The van der Waals surface area contributed by atoms with Gasteiger partial charge >= 0.3 is 0 Å². The van der Waals surface area contributed by atoms with Crippen molar-refractivity contribution in [3.63, 3.8) is 0 Å². The maximum absolute atomic E-state index is 3.57. The predicted octanol–water partition coefficient (Wildman–Crippen LogP) is 1.93. The van der Waals surface area contributed by atoms with Crippen LogP contribution >= 0.6 is 0 Å². The summed E-state index contributed by atoms with van der Waals surface area (Å²) in [5, 5.41) is 3.57. The van der Waals surface area contributed by atoms with Gasteiger partial charge < -0.3 is 5.32 Å². The fourth-order valence-corrected chi connectivity index (χ4v) is 1.56. The Labute approximate surface area is 57.8 Å². The molecule has 1 fully saturated rings. The zero-order chi connectivity index (χ0) is 6.69. The molecule has 1 unspecified atom stereocenters. The highest BCUT2D eigenvalue weighted by molar-refractivity contribution is 4.75. The lowest BCUT2D eigenvalue weighted by atomic mass is 9.98. The Morgan fingerprint density at radius 2 is 2.22 bits per heavy atom. The molecule has 0 saturated carbocycles. The second kappa shape index (κ2) is 3.21. The third-order valence-electron chi connectivity index (χ3n) is 2.20. The smallest absolute Gasteiger partial charge is 0.00669 e. The number of nitrogens with one attached hydrogen (secondary N) is 1. The minimum Gasteiger partial charge on any atom is -0.312 e. The summed E-state index contributed by atoms with van der Waals surface area (Å²) < 4.78 is 0. The van der Waals surface area contributed by atoms with E-state index in [0.29, 0.717) is 0 Å². The molecule has 54 valence electrons. The van der Waals surface area contributed by atoms with E-state index in [1.165, 1.54) is 25.7 Å². The van der Waals surface area contributed by atoms with Gasteiger partial charge in [0.05, 0.1) is 0 Å². The van der Waals surface area contributed by atoms with Gasteiger partial charge in [-0.15, -0.1) is 0 Å². The molecule has 0 spiro atoms. The van der Waals surface area contributed by atoms with Crippen molar-refractivity contribution in [3.05, 3.63) is 0 Å². The van der Waals surface area contributed by atoms with Crippen LogP contribution in [-0.4, -0.2) is 12.1 Å². The topological polar surface area (TPSA) is 12.0 Å². The fourth-order valence-electron chi connectivity index (χ4n) is 1.56. The maximum Gasteiger partial charge on any atom is 0.00669 e. The van der Waals surface area contributed by atoms with Crippen molar-refractivity contribution in [2.24, 2.45) is 0 Å². The summed E-state index contributed by atoms with van der Waals surface area (Å²) in [5.74, 6) is 0. The Balaban J connectivity index is 2.23. The highest BCUT2D eigenvalue weighted by atomic mass is 14.9. The van der Waals surface area contributed by atoms with Gasteiger partial charge in [-0.2, -0.15) is 0 Å². The average molecular weight is 127 g/mol. The standard InChI is InChI=1S/C8H17N/c1-3-8-6-4-5-7(2)9-8/h7-9H,3-6H2,1-2H3/t7?,8-/m1/s1. The molecule has 9 heavy (non-hydrogen) atoms. The molecule has 0 amide bonds. The highest BCUT2D eigenvalue weighted by Crippen LogP contribution is 2.13. The SMILES string of the molecule is CC[C@@H]1CCCC(C)N1. The lowest BCUT2D eigenvalue weighted by Gasteiger charge is -2.27.